The van der Waals surface area contributed by atoms with Crippen LogP contribution in [0.3, 0.4) is 0 Å². The summed E-state index contributed by atoms with van der Waals surface area (Å²) in [5.74, 6) is -1.15. The molecule has 0 bridgehead atoms. The molecule has 1 aliphatic heterocycles. The number of phenolic OH excluding ortho intramolecular Hbond substituents is 2. The molecule has 0 saturated heterocycles. The first-order valence-electron chi connectivity index (χ1n) is 9.49. The van der Waals surface area contributed by atoms with Gasteiger partial charge in [0.2, 0.25) is 11.5 Å². The van der Waals surface area contributed by atoms with Crippen LogP contribution in [0.2, 0.25) is 0 Å². The second-order valence-corrected chi connectivity index (χ2v) is 7.52. The van der Waals surface area contributed by atoms with Gasteiger partial charge in [-0.3, -0.25) is 4.79 Å². The van der Waals surface area contributed by atoms with E-state index in [0.29, 0.717) is 39.3 Å². The summed E-state index contributed by atoms with van der Waals surface area (Å²) in [7, 11) is 0. The third kappa shape index (κ3) is 2.87. The number of phenols is 2. The lowest BCUT2D eigenvalue weighted by Crippen LogP contribution is -2.39. The van der Waals surface area contributed by atoms with Gasteiger partial charge in [0.25, 0.3) is 0 Å². The number of allylic oxidation sites excluding steroid dienone is 2. The quantitative estimate of drug-likeness (QED) is 0.278. The molecule has 2 aromatic heterocycles. The Hall–Kier alpha value is -4.38. The molecule has 0 spiro atoms. The van der Waals surface area contributed by atoms with Crippen LogP contribution in [-0.4, -0.2) is 58.4 Å². The SMILES string of the molecule is Nc1ncnc2nc[nH]c12.O=C1C=CC2=C3c4cc(O)c(O)cc4CC3(O)COC2=C1O. The number of nitrogens with zero attached hydrogens (tertiary/aromatic N) is 3. The number of ether oxygens (including phenoxy) is 1. The van der Waals surface area contributed by atoms with Gasteiger partial charge in [-0.25, -0.2) is 15.0 Å². The number of hydrogen-bond donors (Lipinski definition) is 6. The lowest BCUT2D eigenvalue weighted by atomic mass is 9.85. The number of carbonyl (C=O) groups excluding carboxylic acids is 1. The zero-order valence-corrected chi connectivity index (χ0v) is 16.4. The van der Waals surface area contributed by atoms with E-state index in [1.54, 1.807) is 0 Å². The topological polar surface area (TPSA) is 188 Å². The number of H-pyrrole nitrogens is 1. The Morgan fingerprint density at radius 1 is 1.09 bits per heavy atom. The van der Waals surface area contributed by atoms with Crippen LogP contribution in [-0.2, 0) is 16.0 Å². The van der Waals surface area contributed by atoms with Crippen LogP contribution in [0.4, 0.5) is 5.82 Å². The van der Waals surface area contributed by atoms with Crippen molar-refractivity contribution in [3.63, 3.8) is 0 Å². The van der Waals surface area contributed by atoms with Crippen molar-refractivity contribution in [2.75, 3.05) is 12.3 Å². The molecule has 3 heterocycles. The molecule has 32 heavy (non-hydrogen) atoms. The highest BCUT2D eigenvalue weighted by atomic mass is 16.5. The van der Waals surface area contributed by atoms with Crippen molar-refractivity contribution in [1.82, 2.24) is 19.9 Å². The maximum Gasteiger partial charge on any atom is 0.224 e. The van der Waals surface area contributed by atoms with Gasteiger partial charge in [0.05, 0.1) is 6.33 Å². The summed E-state index contributed by atoms with van der Waals surface area (Å²) in [5, 5.41) is 40.1. The van der Waals surface area contributed by atoms with Crippen molar-refractivity contribution in [3.05, 3.63) is 65.2 Å². The highest BCUT2D eigenvalue weighted by Gasteiger charge is 2.47. The number of ketones is 1. The third-order valence-electron chi connectivity index (χ3n) is 5.49. The molecule has 11 heteroatoms. The number of aliphatic hydroxyl groups is 2. The van der Waals surface area contributed by atoms with Crippen LogP contribution in [0.25, 0.3) is 16.7 Å². The maximum absolute atomic E-state index is 11.5. The number of aromatic nitrogens is 4. The van der Waals surface area contributed by atoms with Gasteiger partial charge >= 0.3 is 0 Å². The molecular formula is C21H17N5O6. The molecule has 162 valence electrons. The molecule has 0 saturated carbocycles. The fourth-order valence-electron chi connectivity index (χ4n) is 4.04. The number of nitrogen functional groups attached to an aromatic ring is 1. The number of rotatable bonds is 0. The molecule has 11 nitrogen and oxygen atoms in total. The number of hydrogen-bond acceptors (Lipinski definition) is 10. The van der Waals surface area contributed by atoms with Crippen molar-refractivity contribution >= 4 is 28.3 Å². The number of carbonyl (C=O) groups is 1. The average Bonchev–Trinajstić information content (AvgIpc) is 3.34. The number of nitrogens with two attached hydrogens (primary N) is 1. The summed E-state index contributed by atoms with van der Waals surface area (Å²) < 4.78 is 5.40. The molecule has 1 atom stereocenters. The molecular weight excluding hydrogens is 418 g/mol. The van der Waals surface area contributed by atoms with E-state index < -0.39 is 17.1 Å². The molecule has 1 unspecified atom stereocenters. The standard InChI is InChI=1S/C16H12O6.C5H5N5/c17-10-2-1-8-13-9-4-12(19)11(18)3-7(9)5-16(13,21)6-22-15(8)14(10)20;6-4-3-5(9-1-7-3)10-2-8-4/h1-4,18-21H,5-6H2;1-2H,(H3,6,7,8,9,10). The van der Waals surface area contributed by atoms with Crippen molar-refractivity contribution in [1.29, 1.82) is 0 Å². The third-order valence-corrected chi connectivity index (χ3v) is 5.49. The average molecular weight is 435 g/mol. The lowest BCUT2D eigenvalue weighted by molar-refractivity contribution is -0.114. The Labute approximate surface area is 179 Å². The summed E-state index contributed by atoms with van der Waals surface area (Å²) >= 11 is 0. The van der Waals surface area contributed by atoms with E-state index in [1.807, 2.05) is 0 Å². The van der Waals surface area contributed by atoms with Gasteiger partial charge in [0, 0.05) is 17.6 Å². The minimum absolute atomic E-state index is 0.0348. The summed E-state index contributed by atoms with van der Waals surface area (Å²) in [6.45, 7) is -0.122. The van der Waals surface area contributed by atoms with Crippen LogP contribution in [0.15, 0.2) is 54.0 Å². The first kappa shape index (κ1) is 19.6. The van der Waals surface area contributed by atoms with Gasteiger partial charge in [-0.1, -0.05) is 0 Å². The van der Waals surface area contributed by atoms with Gasteiger partial charge in [-0.15, -0.1) is 0 Å². The van der Waals surface area contributed by atoms with Gasteiger partial charge in [-0.2, -0.15) is 0 Å². The highest BCUT2D eigenvalue weighted by Crippen LogP contribution is 2.50. The minimum atomic E-state index is -1.33. The molecule has 2 aliphatic carbocycles. The Morgan fingerprint density at radius 3 is 2.66 bits per heavy atom. The number of imidazole rings is 1. The maximum atomic E-state index is 11.5. The lowest BCUT2D eigenvalue weighted by Gasteiger charge is -2.33. The van der Waals surface area contributed by atoms with Gasteiger partial charge in [0.15, 0.2) is 28.7 Å². The van der Waals surface area contributed by atoms with Crippen LogP contribution in [0.5, 0.6) is 11.5 Å². The summed E-state index contributed by atoms with van der Waals surface area (Å²) in [4.78, 5) is 25.9. The first-order chi connectivity index (χ1) is 15.3. The number of aromatic hydroxyl groups is 2. The second-order valence-electron chi connectivity index (χ2n) is 7.52. The van der Waals surface area contributed by atoms with Crippen LogP contribution in [0, 0.1) is 0 Å². The smallest absolute Gasteiger partial charge is 0.224 e. The molecule has 1 aromatic carbocycles. The van der Waals surface area contributed by atoms with Crippen LogP contribution >= 0.6 is 0 Å². The van der Waals surface area contributed by atoms with Gasteiger partial charge in [0.1, 0.15) is 24.1 Å². The molecule has 0 fully saturated rings. The van der Waals surface area contributed by atoms with E-state index in [4.69, 9.17) is 10.5 Å². The molecule has 0 radical (unpaired) electrons. The number of benzene rings is 1. The van der Waals surface area contributed by atoms with Gasteiger partial charge in [-0.05, 0) is 35.4 Å². The number of anilines is 1. The Morgan fingerprint density at radius 2 is 1.88 bits per heavy atom. The minimum Gasteiger partial charge on any atom is -0.504 e. The molecule has 7 N–H and O–H groups in total. The highest BCUT2D eigenvalue weighted by molar-refractivity contribution is 6.06. The van der Waals surface area contributed by atoms with Crippen molar-refractivity contribution in [2.45, 2.75) is 12.0 Å². The summed E-state index contributed by atoms with van der Waals surface area (Å²) in [6.07, 6.45) is 5.82. The Bertz CT molecular complexity index is 1390. The van der Waals surface area contributed by atoms with E-state index in [1.165, 1.54) is 36.9 Å². The summed E-state index contributed by atoms with van der Waals surface area (Å²) in [5.41, 5.74) is 7.58. The van der Waals surface area contributed by atoms with E-state index in [2.05, 4.69) is 19.9 Å². The normalized spacial score (nSPS) is 21.0. The predicted molar refractivity (Wildman–Crippen MR) is 111 cm³/mol. The van der Waals surface area contributed by atoms with Crippen molar-refractivity contribution < 1.29 is 30.0 Å². The van der Waals surface area contributed by atoms with E-state index >= 15 is 0 Å². The molecule has 3 aromatic rings. The number of nitrogens with one attached hydrogen (secondary N) is 1. The Kier molecular flexibility index (Phi) is 4.17. The summed E-state index contributed by atoms with van der Waals surface area (Å²) in [6, 6.07) is 2.77. The monoisotopic (exact) mass is 435 g/mol. The number of fused-ring (bicyclic) bond motifs is 5. The van der Waals surface area contributed by atoms with Crippen molar-refractivity contribution in [3.8, 4) is 11.5 Å². The second kappa shape index (κ2) is 6.82. The Balaban J connectivity index is 0.000000180. The number of aliphatic hydroxyl groups excluding tert-OH is 1. The predicted octanol–water partition coefficient (Wildman–Crippen LogP) is 1.01. The van der Waals surface area contributed by atoms with E-state index in [0.717, 1.165) is 0 Å². The molecule has 0 amide bonds. The van der Waals surface area contributed by atoms with Crippen LogP contribution in [0.1, 0.15) is 11.1 Å². The van der Waals surface area contributed by atoms with Gasteiger partial charge < -0.3 is 35.9 Å². The van der Waals surface area contributed by atoms with Crippen LogP contribution < -0.4 is 5.73 Å². The fraction of sp³-hybridized carbons (Fsp3) is 0.143. The fourth-order valence-corrected chi connectivity index (χ4v) is 4.04. The van der Waals surface area contributed by atoms with E-state index in [9.17, 15) is 25.2 Å². The number of aromatic amines is 1. The van der Waals surface area contributed by atoms with Crippen molar-refractivity contribution in [2.24, 2.45) is 0 Å². The first-order valence-corrected chi connectivity index (χ1v) is 9.49. The zero-order chi connectivity index (χ0) is 22.6. The molecule has 6 rings (SSSR count). The largest absolute Gasteiger partial charge is 0.504 e. The van der Waals surface area contributed by atoms with E-state index in [-0.39, 0.29) is 30.3 Å². The zero-order valence-electron chi connectivity index (χ0n) is 16.4. The molecule has 3 aliphatic rings.